The van der Waals surface area contributed by atoms with Gasteiger partial charge >= 0.3 is 0 Å². The molecular weight excluding hydrogens is 382 g/mol. The molecule has 0 unspecified atom stereocenters. The minimum Gasteiger partial charge on any atom is -0.490 e. The molecule has 3 rings (SSSR count). The predicted molar refractivity (Wildman–Crippen MR) is 117 cm³/mol. The molecule has 1 aliphatic rings. The van der Waals surface area contributed by atoms with Crippen LogP contribution in [-0.2, 0) is 24.2 Å². The number of carbonyl (C=O) groups excluding carboxylic acids is 1. The lowest BCUT2D eigenvalue weighted by molar-refractivity contribution is -0.116. The van der Waals surface area contributed by atoms with Crippen LogP contribution in [0.15, 0.2) is 36.9 Å². The summed E-state index contributed by atoms with van der Waals surface area (Å²) in [5.41, 5.74) is 2.98. The number of nitrogens with zero attached hydrogens (tertiary/aromatic N) is 2. The summed E-state index contributed by atoms with van der Waals surface area (Å²) in [6, 6.07) is 10.2. The molecule has 0 spiro atoms. The van der Waals surface area contributed by atoms with E-state index in [0.717, 1.165) is 54.1 Å². The van der Waals surface area contributed by atoms with Crippen LogP contribution < -0.4 is 10.1 Å². The molecule has 0 aliphatic heterocycles. The normalized spacial score (nSPS) is 12.9. The number of ether oxygens (including phenoxy) is 1. The van der Waals surface area contributed by atoms with Crippen molar-refractivity contribution in [1.82, 2.24) is 4.90 Å². The van der Waals surface area contributed by atoms with Gasteiger partial charge in [0.15, 0.2) is 0 Å². The standard InChI is InChI=1S/C23H27N3O2S/c1-3-14-28-18-10-8-17(9-11-18)16-26(2)13-12-22(27)25-23-20(15-24)19-6-4-5-7-21(19)29-23/h3,8-11H,1,4-7,12-14,16H2,2H3,(H,25,27). The van der Waals surface area contributed by atoms with Gasteiger partial charge in [0.2, 0.25) is 5.91 Å². The number of amides is 1. The zero-order chi connectivity index (χ0) is 20.6. The highest BCUT2D eigenvalue weighted by molar-refractivity contribution is 7.16. The van der Waals surface area contributed by atoms with Crippen molar-refractivity contribution in [2.45, 2.75) is 38.6 Å². The van der Waals surface area contributed by atoms with E-state index in [1.807, 2.05) is 31.3 Å². The molecule has 2 aromatic rings. The summed E-state index contributed by atoms with van der Waals surface area (Å²) in [5, 5.41) is 13.2. The third kappa shape index (κ3) is 5.69. The highest BCUT2D eigenvalue weighted by Gasteiger charge is 2.21. The number of thiophene rings is 1. The number of anilines is 1. The topological polar surface area (TPSA) is 65.4 Å². The minimum absolute atomic E-state index is 0.0416. The fourth-order valence-corrected chi connectivity index (χ4v) is 4.75. The van der Waals surface area contributed by atoms with Gasteiger partial charge in [0.05, 0.1) is 5.56 Å². The Morgan fingerprint density at radius 1 is 1.34 bits per heavy atom. The summed E-state index contributed by atoms with van der Waals surface area (Å²) in [5.74, 6) is 0.780. The van der Waals surface area contributed by atoms with Crippen molar-refractivity contribution < 1.29 is 9.53 Å². The molecule has 29 heavy (non-hydrogen) atoms. The molecule has 1 amide bonds. The number of fused-ring (bicyclic) bond motifs is 1. The van der Waals surface area contributed by atoms with Crippen LogP contribution in [0.3, 0.4) is 0 Å². The van der Waals surface area contributed by atoms with Crippen molar-refractivity contribution >= 4 is 22.2 Å². The Kier molecular flexibility index (Phi) is 7.45. The molecule has 1 N–H and O–H groups in total. The zero-order valence-electron chi connectivity index (χ0n) is 16.9. The van der Waals surface area contributed by atoms with Crippen molar-refractivity contribution in [1.29, 1.82) is 5.26 Å². The molecule has 0 saturated carbocycles. The van der Waals surface area contributed by atoms with Crippen molar-refractivity contribution in [3.05, 3.63) is 58.5 Å². The van der Waals surface area contributed by atoms with E-state index in [1.165, 1.54) is 4.88 Å². The molecule has 0 radical (unpaired) electrons. The van der Waals surface area contributed by atoms with Gasteiger partial charge in [0, 0.05) is 24.4 Å². The third-order valence-corrected chi connectivity index (χ3v) is 6.21. The first kappa shape index (κ1) is 21.1. The van der Waals surface area contributed by atoms with Crippen molar-refractivity contribution in [3.63, 3.8) is 0 Å². The summed E-state index contributed by atoms with van der Waals surface area (Å²) >= 11 is 1.57. The van der Waals surface area contributed by atoms with Gasteiger partial charge in [-0.2, -0.15) is 5.26 Å². The van der Waals surface area contributed by atoms with Crippen LogP contribution in [0.1, 0.15) is 40.8 Å². The highest BCUT2D eigenvalue weighted by Crippen LogP contribution is 2.37. The summed E-state index contributed by atoms with van der Waals surface area (Å²) < 4.78 is 5.49. The van der Waals surface area contributed by atoms with Crippen LogP contribution in [0.5, 0.6) is 5.75 Å². The second kappa shape index (κ2) is 10.2. The smallest absolute Gasteiger partial charge is 0.226 e. The monoisotopic (exact) mass is 409 g/mol. The lowest BCUT2D eigenvalue weighted by Gasteiger charge is -2.16. The molecule has 1 aromatic carbocycles. The van der Waals surface area contributed by atoms with Gasteiger partial charge in [-0.05, 0) is 56.0 Å². The fraction of sp³-hybridized carbons (Fsp3) is 0.391. The molecule has 1 heterocycles. The first-order valence-corrected chi connectivity index (χ1v) is 10.8. The summed E-state index contributed by atoms with van der Waals surface area (Å²) in [7, 11) is 2.00. The van der Waals surface area contributed by atoms with Crippen molar-refractivity contribution in [3.8, 4) is 11.8 Å². The first-order valence-electron chi connectivity index (χ1n) is 9.96. The predicted octanol–water partition coefficient (Wildman–Crippen LogP) is 4.52. The van der Waals surface area contributed by atoms with Crippen LogP contribution in [-0.4, -0.2) is 31.0 Å². The average molecular weight is 410 g/mol. The summed E-state index contributed by atoms with van der Waals surface area (Å²) in [6.45, 7) is 5.54. The molecule has 5 nitrogen and oxygen atoms in total. The summed E-state index contributed by atoms with van der Waals surface area (Å²) in [6.07, 6.45) is 6.37. The van der Waals surface area contributed by atoms with E-state index in [4.69, 9.17) is 4.74 Å². The number of benzene rings is 1. The van der Waals surface area contributed by atoms with Gasteiger partial charge < -0.3 is 15.0 Å². The SMILES string of the molecule is C=CCOc1ccc(CN(C)CCC(=O)Nc2sc3c(c2C#N)CCCC3)cc1. The Balaban J connectivity index is 1.49. The fourth-order valence-electron chi connectivity index (χ4n) is 3.49. The van der Waals surface area contributed by atoms with Crippen LogP contribution in [0.2, 0.25) is 0 Å². The largest absolute Gasteiger partial charge is 0.490 e. The van der Waals surface area contributed by atoms with E-state index >= 15 is 0 Å². The quantitative estimate of drug-likeness (QED) is 0.618. The van der Waals surface area contributed by atoms with E-state index in [1.54, 1.807) is 17.4 Å². The highest BCUT2D eigenvalue weighted by atomic mass is 32.1. The van der Waals surface area contributed by atoms with Crippen LogP contribution in [0.25, 0.3) is 0 Å². The van der Waals surface area contributed by atoms with Gasteiger partial charge in [0.25, 0.3) is 0 Å². The molecule has 1 aromatic heterocycles. The van der Waals surface area contributed by atoms with E-state index in [9.17, 15) is 10.1 Å². The lowest BCUT2D eigenvalue weighted by atomic mass is 9.96. The lowest BCUT2D eigenvalue weighted by Crippen LogP contribution is -2.24. The maximum Gasteiger partial charge on any atom is 0.226 e. The number of hydrogen-bond donors (Lipinski definition) is 1. The second-order valence-corrected chi connectivity index (χ2v) is 8.41. The molecule has 0 atom stereocenters. The Hall–Kier alpha value is -2.62. The van der Waals surface area contributed by atoms with Crippen LogP contribution in [0, 0.1) is 11.3 Å². The number of hydrogen-bond acceptors (Lipinski definition) is 5. The molecular formula is C23H27N3O2S. The van der Waals surface area contributed by atoms with Crippen molar-refractivity contribution in [2.24, 2.45) is 0 Å². The van der Waals surface area contributed by atoms with E-state index in [2.05, 4.69) is 22.9 Å². The Morgan fingerprint density at radius 3 is 2.83 bits per heavy atom. The van der Waals surface area contributed by atoms with Crippen molar-refractivity contribution in [2.75, 3.05) is 25.5 Å². The molecule has 0 bridgehead atoms. The molecule has 0 saturated heterocycles. The second-order valence-electron chi connectivity index (χ2n) is 7.31. The van der Waals surface area contributed by atoms with E-state index < -0.39 is 0 Å². The Bertz CT molecular complexity index is 896. The number of nitriles is 1. The number of rotatable bonds is 9. The maximum atomic E-state index is 12.4. The van der Waals surface area contributed by atoms with E-state index in [0.29, 0.717) is 25.1 Å². The first-order chi connectivity index (χ1) is 14.1. The third-order valence-electron chi connectivity index (χ3n) is 5.00. The minimum atomic E-state index is -0.0416. The molecule has 6 heteroatoms. The number of aryl methyl sites for hydroxylation is 1. The van der Waals surface area contributed by atoms with Gasteiger partial charge in [-0.3, -0.25) is 4.79 Å². The van der Waals surface area contributed by atoms with Gasteiger partial charge in [0.1, 0.15) is 23.4 Å². The Morgan fingerprint density at radius 2 is 2.10 bits per heavy atom. The summed E-state index contributed by atoms with van der Waals surface area (Å²) in [4.78, 5) is 15.8. The number of carbonyl (C=O) groups is 1. The molecule has 152 valence electrons. The van der Waals surface area contributed by atoms with E-state index in [-0.39, 0.29) is 5.91 Å². The average Bonchev–Trinajstić information content (AvgIpc) is 3.08. The van der Waals surface area contributed by atoms with Crippen LogP contribution in [0.4, 0.5) is 5.00 Å². The molecule has 1 aliphatic carbocycles. The zero-order valence-corrected chi connectivity index (χ0v) is 17.7. The van der Waals surface area contributed by atoms with Gasteiger partial charge in [-0.15, -0.1) is 11.3 Å². The van der Waals surface area contributed by atoms with Crippen LogP contribution >= 0.6 is 11.3 Å². The van der Waals surface area contributed by atoms with Gasteiger partial charge in [-0.25, -0.2) is 0 Å². The number of nitrogens with one attached hydrogen (secondary N) is 1. The van der Waals surface area contributed by atoms with Gasteiger partial charge in [-0.1, -0.05) is 24.8 Å². The molecule has 0 fully saturated rings. The Labute approximate surface area is 176 Å². The maximum absolute atomic E-state index is 12.4.